The van der Waals surface area contributed by atoms with E-state index in [1.54, 1.807) is 13.8 Å². The van der Waals surface area contributed by atoms with E-state index in [0.29, 0.717) is 0 Å². The number of amides is 1. The monoisotopic (exact) mass is 284 g/mol. The highest BCUT2D eigenvalue weighted by molar-refractivity contribution is 5.83. The van der Waals surface area contributed by atoms with E-state index < -0.39 is 22.8 Å². The van der Waals surface area contributed by atoms with Gasteiger partial charge in [0.2, 0.25) is 12.2 Å². The van der Waals surface area contributed by atoms with Gasteiger partial charge >= 0.3 is 11.8 Å². The molecule has 0 aliphatic carbocycles. The molecule has 1 rings (SSSR count). The van der Waals surface area contributed by atoms with Crippen LogP contribution in [-0.4, -0.2) is 37.5 Å². The van der Waals surface area contributed by atoms with Gasteiger partial charge in [0.05, 0.1) is 0 Å². The Hall–Kier alpha value is -2.45. The van der Waals surface area contributed by atoms with Crippen molar-refractivity contribution >= 4 is 17.7 Å². The SMILES string of the molecule is CC(C)C(NC(=O)CCn1cnc([N+](=O)[O-])c1)C(=O)O. The van der Waals surface area contributed by atoms with Crippen LogP contribution in [0.15, 0.2) is 12.5 Å². The van der Waals surface area contributed by atoms with Crippen molar-refractivity contribution in [2.24, 2.45) is 5.92 Å². The predicted molar refractivity (Wildman–Crippen MR) is 67.9 cm³/mol. The summed E-state index contributed by atoms with van der Waals surface area (Å²) in [7, 11) is 0. The lowest BCUT2D eigenvalue weighted by Crippen LogP contribution is -2.44. The van der Waals surface area contributed by atoms with Gasteiger partial charge in [-0.15, -0.1) is 0 Å². The molecule has 0 aliphatic rings. The largest absolute Gasteiger partial charge is 0.480 e. The summed E-state index contributed by atoms with van der Waals surface area (Å²) in [5, 5.41) is 21.8. The molecule has 0 fully saturated rings. The highest BCUT2D eigenvalue weighted by atomic mass is 16.6. The van der Waals surface area contributed by atoms with E-state index in [1.165, 1.54) is 17.1 Å². The van der Waals surface area contributed by atoms with Crippen LogP contribution >= 0.6 is 0 Å². The van der Waals surface area contributed by atoms with Crippen LogP contribution in [0.3, 0.4) is 0 Å². The molecule has 1 aromatic rings. The summed E-state index contributed by atoms with van der Waals surface area (Å²) in [6.07, 6.45) is 2.48. The third-order valence-electron chi connectivity index (χ3n) is 2.65. The number of rotatable bonds is 7. The first-order chi connectivity index (χ1) is 9.31. The Morgan fingerprint density at radius 1 is 1.55 bits per heavy atom. The quantitative estimate of drug-likeness (QED) is 0.551. The Morgan fingerprint density at radius 2 is 2.20 bits per heavy atom. The topological polar surface area (TPSA) is 127 Å². The molecule has 0 spiro atoms. The number of nitro groups is 1. The number of carbonyl (C=O) groups excluding carboxylic acids is 1. The molecule has 0 aromatic carbocycles. The summed E-state index contributed by atoms with van der Waals surface area (Å²) in [6, 6.07) is -0.945. The number of nitrogens with one attached hydrogen (secondary N) is 1. The van der Waals surface area contributed by atoms with Crippen molar-refractivity contribution in [3.63, 3.8) is 0 Å². The van der Waals surface area contributed by atoms with Crippen LogP contribution < -0.4 is 5.32 Å². The molecule has 2 N–H and O–H groups in total. The summed E-state index contributed by atoms with van der Waals surface area (Å²) in [6.45, 7) is 3.58. The van der Waals surface area contributed by atoms with Gasteiger partial charge in [-0.3, -0.25) is 4.79 Å². The molecule has 0 radical (unpaired) electrons. The van der Waals surface area contributed by atoms with Crippen LogP contribution in [-0.2, 0) is 16.1 Å². The zero-order chi connectivity index (χ0) is 15.3. The van der Waals surface area contributed by atoms with E-state index in [4.69, 9.17) is 5.11 Å². The number of aliphatic carboxylic acids is 1. The summed E-state index contributed by atoms with van der Waals surface area (Å²) in [5.74, 6) is -2.05. The van der Waals surface area contributed by atoms with Crippen LogP contribution in [0.5, 0.6) is 0 Å². The highest BCUT2D eigenvalue weighted by Crippen LogP contribution is 2.07. The lowest BCUT2D eigenvalue weighted by atomic mass is 10.0. The van der Waals surface area contributed by atoms with Gasteiger partial charge in [-0.2, -0.15) is 0 Å². The Morgan fingerprint density at radius 3 is 2.65 bits per heavy atom. The molecule has 1 heterocycles. The molecule has 0 saturated carbocycles. The molecular formula is C11H16N4O5. The summed E-state index contributed by atoms with van der Waals surface area (Å²) in [4.78, 5) is 35.9. The van der Waals surface area contributed by atoms with Crippen LogP contribution in [0.2, 0.25) is 0 Å². The number of hydrogen-bond acceptors (Lipinski definition) is 5. The van der Waals surface area contributed by atoms with Gasteiger partial charge in [-0.1, -0.05) is 13.8 Å². The van der Waals surface area contributed by atoms with Crippen LogP contribution in [0, 0.1) is 16.0 Å². The van der Waals surface area contributed by atoms with Gasteiger partial charge in [-0.05, 0) is 15.8 Å². The van der Waals surface area contributed by atoms with Crippen LogP contribution in [0.25, 0.3) is 0 Å². The van der Waals surface area contributed by atoms with Crippen LogP contribution in [0.1, 0.15) is 20.3 Å². The number of hydrogen-bond donors (Lipinski definition) is 2. The number of nitrogens with zero attached hydrogens (tertiary/aromatic N) is 3. The summed E-state index contributed by atoms with van der Waals surface area (Å²) < 4.78 is 1.41. The fourth-order valence-electron chi connectivity index (χ4n) is 1.55. The molecule has 1 unspecified atom stereocenters. The van der Waals surface area contributed by atoms with Gasteiger partial charge in [0.25, 0.3) is 0 Å². The molecule has 1 atom stereocenters. The maximum Gasteiger partial charge on any atom is 0.381 e. The second kappa shape index (κ2) is 6.64. The average molecular weight is 284 g/mol. The molecule has 0 aliphatic heterocycles. The second-order valence-electron chi connectivity index (χ2n) is 4.60. The van der Waals surface area contributed by atoms with Crippen molar-refractivity contribution in [3.05, 3.63) is 22.6 Å². The maximum absolute atomic E-state index is 11.6. The van der Waals surface area contributed by atoms with Crippen molar-refractivity contribution in [1.29, 1.82) is 0 Å². The Labute approximate surface area is 114 Å². The van der Waals surface area contributed by atoms with E-state index in [-0.39, 0.29) is 24.7 Å². The lowest BCUT2D eigenvalue weighted by Gasteiger charge is -2.17. The third kappa shape index (κ3) is 4.34. The number of aromatic nitrogens is 2. The molecule has 20 heavy (non-hydrogen) atoms. The molecule has 0 bridgehead atoms. The molecule has 110 valence electrons. The Balaban J connectivity index is 2.50. The predicted octanol–water partition coefficient (Wildman–Crippen LogP) is 0.407. The molecule has 1 amide bonds. The number of imidazole rings is 1. The van der Waals surface area contributed by atoms with Gasteiger partial charge in [0.15, 0.2) is 0 Å². The van der Waals surface area contributed by atoms with E-state index in [0.717, 1.165) is 0 Å². The first-order valence-corrected chi connectivity index (χ1v) is 5.99. The standard InChI is InChI=1S/C11H16N4O5/c1-7(2)10(11(17)18)13-9(16)3-4-14-5-8(12-6-14)15(19)20/h5-7,10H,3-4H2,1-2H3,(H,13,16)(H,17,18). The molecular weight excluding hydrogens is 268 g/mol. The molecule has 1 aromatic heterocycles. The summed E-state index contributed by atoms with van der Waals surface area (Å²) >= 11 is 0. The smallest absolute Gasteiger partial charge is 0.381 e. The van der Waals surface area contributed by atoms with Crippen molar-refractivity contribution in [1.82, 2.24) is 14.9 Å². The van der Waals surface area contributed by atoms with Crippen molar-refractivity contribution in [2.75, 3.05) is 0 Å². The minimum absolute atomic E-state index is 0.0179. The lowest BCUT2D eigenvalue weighted by molar-refractivity contribution is -0.389. The number of carboxylic acids is 1. The van der Waals surface area contributed by atoms with E-state index in [9.17, 15) is 19.7 Å². The minimum Gasteiger partial charge on any atom is -0.480 e. The van der Waals surface area contributed by atoms with Crippen molar-refractivity contribution < 1.29 is 19.6 Å². The maximum atomic E-state index is 11.6. The van der Waals surface area contributed by atoms with Crippen molar-refractivity contribution in [2.45, 2.75) is 32.9 Å². The fraction of sp³-hybridized carbons (Fsp3) is 0.545. The zero-order valence-electron chi connectivity index (χ0n) is 11.1. The summed E-state index contributed by atoms with van der Waals surface area (Å²) in [5.41, 5.74) is 0. The van der Waals surface area contributed by atoms with Gasteiger partial charge < -0.3 is 25.1 Å². The van der Waals surface area contributed by atoms with Gasteiger partial charge in [0, 0.05) is 13.0 Å². The van der Waals surface area contributed by atoms with E-state index in [2.05, 4.69) is 10.3 Å². The van der Waals surface area contributed by atoms with E-state index in [1.807, 2.05) is 0 Å². The van der Waals surface area contributed by atoms with E-state index >= 15 is 0 Å². The Bertz CT molecular complexity index is 511. The number of carbonyl (C=O) groups is 2. The average Bonchev–Trinajstić information content (AvgIpc) is 2.81. The first-order valence-electron chi connectivity index (χ1n) is 5.99. The normalized spacial score (nSPS) is 12.2. The molecule has 9 nitrogen and oxygen atoms in total. The van der Waals surface area contributed by atoms with Gasteiger partial charge in [-0.25, -0.2) is 4.79 Å². The van der Waals surface area contributed by atoms with Gasteiger partial charge in [0.1, 0.15) is 12.2 Å². The highest BCUT2D eigenvalue weighted by Gasteiger charge is 2.23. The van der Waals surface area contributed by atoms with Crippen LogP contribution in [0.4, 0.5) is 5.82 Å². The number of aryl methyl sites for hydroxylation is 1. The Kier molecular flexibility index (Phi) is 5.18. The minimum atomic E-state index is -1.09. The molecule has 0 saturated heterocycles. The third-order valence-corrected chi connectivity index (χ3v) is 2.65. The van der Waals surface area contributed by atoms with Crippen molar-refractivity contribution in [3.8, 4) is 0 Å². The second-order valence-corrected chi connectivity index (χ2v) is 4.60. The fourth-order valence-corrected chi connectivity index (χ4v) is 1.55. The first kappa shape index (κ1) is 15.6. The zero-order valence-corrected chi connectivity index (χ0v) is 11.1. The number of carboxylic acid groups (broad SMARTS) is 1. The molecule has 9 heteroatoms.